The fraction of sp³-hybridized carbons (Fsp3) is 0.714. The third-order valence-electron chi connectivity index (χ3n) is 2.25. The average molecular weight is 184 g/mol. The Balaban J connectivity index is 2.10. The van der Waals surface area contributed by atoms with Gasteiger partial charge in [-0.05, 0) is 6.92 Å². The molecule has 2 aliphatic heterocycles. The summed E-state index contributed by atoms with van der Waals surface area (Å²) in [6.45, 7) is 2.71. The molecule has 4 N–H and O–H groups in total. The Hall–Kier alpha value is -1.14. The van der Waals surface area contributed by atoms with Crippen molar-refractivity contribution in [2.75, 3.05) is 6.54 Å². The summed E-state index contributed by atoms with van der Waals surface area (Å²) in [7, 11) is 0. The molecule has 2 fully saturated rings. The van der Waals surface area contributed by atoms with Gasteiger partial charge in [-0.1, -0.05) is 0 Å². The predicted octanol–water partition coefficient (Wildman–Crippen LogP) is -1.90. The highest BCUT2D eigenvalue weighted by atomic mass is 16.2. The predicted molar refractivity (Wildman–Crippen MR) is 44.9 cm³/mol. The van der Waals surface area contributed by atoms with Gasteiger partial charge >= 0.3 is 6.03 Å². The molecule has 2 aliphatic rings. The molecule has 72 valence electrons. The molecular weight excluding hydrogens is 172 g/mol. The highest BCUT2D eigenvalue weighted by Crippen LogP contribution is 2.03. The van der Waals surface area contributed by atoms with Crippen LogP contribution in [0.5, 0.6) is 0 Å². The van der Waals surface area contributed by atoms with Gasteiger partial charge in [0.2, 0.25) is 5.91 Å². The van der Waals surface area contributed by atoms with Gasteiger partial charge in [0.15, 0.2) is 0 Å². The molecule has 2 rings (SSSR count). The van der Waals surface area contributed by atoms with Crippen molar-refractivity contribution in [1.29, 1.82) is 0 Å². The minimum atomic E-state index is -0.436. The fourth-order valence-electron chi connectivity index (χ4n) is 1.62. The number of rotatable bonds is 0. The standard InChI is InChI=1S/C7H12N4O2/c1-3-2-8-4-5(9-3)10-7(13)11-6(4)12/h3-5,8-9H,2H2,1H3,(H2,10,11,12,13)/t3-,4-,5+/m1/s1. The number of imide groups is 1. The van der Waals surface area contributed by atoms with Crippen molar-refractivity contribution in [2.24, 2.45) is 0 Å². The van der Waals surface area contributed by atoms with E-state index in [2.05, 4.69) is 21.3 Å². The Morgan fingerprint density at radius 2 is 2.15 bits per heavy atom. The van der Waals surface area contributed by atoms with Crippen molar-refractivity contribution < 1.29 is 9.59 Å². The van der Waals surface area contributed by atoms with Crippen molar-refractivity contribution in [1.82, 2.24) is 21.3 Å². The van der Waals surface area contributed by atoms with Gasteiger partial charge in [0.05, 0.1) is 0 Å². The molecule has 0 saturated carbocycles. The zero-order valence-corrected chi connectivity index (χ0v) is 7.26. The first kappa shape index (κ1) is 8.46. The molecule has 3 atom stereocenters. The molecule has 2 saturated heterocycles. The van der Waals surface area contributed by atoms with E-state index in [0.29, 0.717) is 0 Å². The lowest BCUT2D eigenvalue weighted by molar-refractivity contribution is -0.124. The van der Waals surface area contributed by atoms with E-state index in [4.69, 9.17) is 0 Å². The lowest BCUT2D eigenvalue weighted by Gasteiger charge is -2.39. The first-order valence-corrected chi connectivity index (χ1v) is 4.27. The molecule has 0 aliphatic carbocycles. The third-order valence-corrected chi connectivity index (χ3v) is 2.25. The largest absolute Gasteiger partial charge is 0.322 e. The molecule has 0 unspecified atom stereocenters. The topological polar surface area (TPSA) is 82.3 Å². The van der Waals surface area contributed by atoms with Gasteiger partial charge in [-0.2, -0.15) is 0 Å². The van der Waals surface area contributed by atoms with Crippen LogP contribution in [0.15, 0.2) is 0 Å². The van der Waals surface area contributed by atoms with Gasteiger partial charge in [0, 0.05) is 12.6 Å². The third kappa shape index (κ3) is 1.50. The lowest BCUT2D eigenvalue weighted by atomic mass is 10.1. The van der Waals surface area contributed by atoms with E-state index in [1.54, 1.807) is 0 Å². The summed E-state index contributed by atoms with van der Waals surface area (Å²) >= 11 is 0. The van der Waals surface area contributed by atoms with E-state index in [1.807, 2.05) is 6.92 Å². The first-order chi connectivity index (χ1) is 6.16. The molecule has 0 aromatic carbocycles. The molecule has 0 spiro atoms. The molecule has 0 aromatic heterocycles. The molecule has 0 radical (unpaired) electrons. The zero-order chi connectivity index (χ0) is 9.42. The summed E-state index contributed by atoms with van der Waals surface area (Å²) in [5.41, 5.74) is 0. The monoisotopic (exact) mass is 184 g/mol. The van der Waals surface area contributed by atoms with Crippen LogP contribution in [0.3, 0.4) is 0 Å². The highest BCUT2D eigenvalue weighted by Gasteiger charge is 2.38. The maximum absolute atomic E-state index is 11.3. The lowest BCUT2D eigenvalue weighted by Crippen LogP contribution is -2.74. The van der Waals surface area contributed by atoms with E-state index >= 15 is 0 Å². The van der Waals surface area contributed by atoms with Crippen molar-refractivity contribution in [3.8, 4) is 0 Å². The highest BCUT2D eigenvalue weighted by molar-refractivity contribution is 6.00. The number of hydrogen-bond acceptors (Lipinski definition) is 4. The van der Waals surface area contributed by atoms with E-state index in [1.165, 1.54) is 0 Å². The summed E-state index contributed by atoms with van der Waals surface area (Å²) in [4.78, 5) is 22.2. The van der Waals surface area contributed by atoms with E-state index in [-0.39, 0.29) is 24.2 Å². The molecule has 0 bridgehead atoms. The Morgan fingerprint density at radius 1 is 1.38 bits per heavy atom. The molecule has 3 amide bonds. The molecular formula is C7H12N4O2. The number of amides is 3. The van der Waals surface area contributed by atoms with Crippen LogP contribution in [0.4, 0.5) is 4.79 Å². The summed E-state index contributed by atoms with van der Waals surface area (Å²) in [6.07, 6.45) is -0.287. The van der Waals surface area contributed by atoms with Crippen LogP contribution in [0, 0.1) is 0 Å². The Kier molecular flexibility index (Phi) is 1.93. The van der Waals surface area contributed by atoms with E-state index < -0.39 is 6.03 Å². The molecule has 6 heteroatoms. The molecule has 2 heterocycles. The number of nitrogens with one attached hydrogen (secondary N) is 4. The summed E-state index contributed by atoms with van der Waals surface area (Å²) < 4.78 is 0. The number of fused-ring (bicyclic) bond motifs is 1. The average Bonchev–Trinajstić information content (AvgIpc) is 2.02. The van der Waals surface area contributed by atoms with Crippen LogP contribution in [-0.4, -0.2) is 36.7 Å². The van der Waals surface area contributed by atoms with Gasteiger partial charge in [0.1, 0.15) is 12.2 Å². The maximum Gasteiger partial charge on any atom is 0.322 e. The zero-order valence-electron chi connectivity index (χ0n) is 7.26. The van der Waals surface area contributed by atoms with Gasteiger partial charge < -0.3 is 10.6 Å². The molecule has 0 aromatic rings. The number of urea groups is 1. The normalized spacial score (nSPS) is 39.0. The van der Waals surface area contributed by atoms with Crippen LogP contribution in [0.1, 0.15) is 6.92 Å². The van der Waals surface area contributed by atoms with E-state index in [9.17, 15) is 9.59 Å². The van der Waals surface area contributed by atoms with Crippen molar-refractivity contribution >= 4 is 11.9 Å². The van der Waals surface area contributed by atoms with Crippen LogP contribution in [-0.2, 0) is 4.79 Å². The number of piperazine rings is 1. The van der Waals surface area contributed by atoms with Crippen LogP contribution in [0.25, 0.3) is 0 Å². The van der Waals surface area contributed by atoms with Crippen molar-refractivity contribution in [3.63, 3.8) is 0 Å². The van der Waals surface area contributed by atoms with Crippen molar-refractivity contribution in [3.05, 3.63) is 0 Å². The van der Waals surface area contributed by atoms with Crippen molar-refractivity contribution in [2.45, 2.75) is 25.2 Å². The second kappa shape index (κ2) is 2.97. The summed E-state index contributed by atoms with van der Waals surface area (Å²) in [5.74, 6) is -0.270. The fourth-order valence-corrected chi connectivity index (χ4v) is 1.62. The van der Waals surface area contributed by atoms with Crippen LogP contribution >= 0.6 is 0 Å². The smallest absolute Gasteiger partial charge is 0.320 e. The molecule has 13 heavy (non-hydrogen) atoms. The number of carbonyl (C=O) groups is 2. The van der Waals surface area contributed by atoms with Gasteiger partial charge in [-0.25, -0.2) is 4.79 Å². The second-order valence-corrected chi connectivity index (χ2v) is 3.39. The quantitative estimate of drug-likeness (QED) is 0.354. The Labute approximate surface area is 75.4 Å². The first-order valence-electron chi connectivity index (χ1n) is 4.27. The minimum Gasteiger partial charge on any atom is -0.320 e. The summed E-state index contributed by atoms with van der Waals surface area (Å²) in [5, 5.41) is 11.0. The van der Waals surface area contributed by atoms with Gasteiger partial charge in [0.25, 0.3) is 0 Å². The number of carbonyl (C=O) groups excluding carboxylic acids is 2. The van der Waals surface area contributed by atoms with Gasteiger partial charge in [-0.3, -0.25) is 15.4 Å². The van der Waals surface area contributed by atoms with Gasteiger partial charge in [-0.15, -0.1) is 0 Å². The SMILES string of the molecule is C[C@@H]1CN[C@H]2C(=O)NC(=O)N[C@@H]2N1. The second-order valence-electron chi connectivity index (χ2n) is 3.39. The Bertz CT molecular complexity index is 255. The Morgan fingerprint density at radius 3 is 2.92 bits per heavy atom. The minimum absolute atomic E-state index is 0.257. The molecule has 6 nitrogen and oxygen atoms in total. The van der Waals surface area contributed by atoms with E-state index in [0.717, 1.165) is 6.54 Å². The van der Waals surface area contributed by atoms with Crippen LogP contribution < -0.4 is 21.3 Å². The maximum atomic E-state index is 11.3. The van der Waals surface area contributed by atoms with Crippen LogP contribution in [0.2, 0.25) is 0 Å². The number of hydrogen-bond donors (Lipinski definition) is 4. The summed E-state index contributed by atoms with van der Waals surface area (Å²) in [6, 6.07) is -0.531.